The summed E-state index contributed by atoms with van der Waals surface area (Å²) in [5, 5.41) is 0. The molecule has 6 heterocycles. The van der Waals surface area contributed by atoms with Crippen molar-refractivity contribution < 1.29 is 4.74 Å². The first-order valence-electron chi connectivity index (χ1n) is 7.52. The molecule has 6 saturated heterocycles. The van der Waals surface area contributed by atoms with Crippen LogP contribution in [0, 0.1) is 11.8 Å². The first-order chi connectivity index (χ1) is 8.38. The predicted octanol–water partition coefficient (Wildman–Crippen LogP) is 1.89. The molecule has 0 saturated carbocycles. The number of rotatable bonds is 2. The van der Waals surface area contributed by atoms with Gasteiger partial charge in [0.2, 0.25) is 0 Å². The van der Waals surface area contributed by atoms with Gasteiger partial charge in [0.1, 0.15) is 12.5 Å². The van der Waals surface area contributed by atoms with Crippen molar-refractivity contribution in [1.29, 1.82) is 0 Å². The molecule has 0 aromatic carbocycles. The Kier molecular flexibility index (Phi) is 2.67. The minimum atomic E-state index is 0.451. The highest BCUT2D eigenvalue weighted by atomic mass is 16.5. The normalized spacial score (nSPS) is 52.9. The molecule has 2 unspecified atom stereocenters. The molecule has 6 aliphatic rings. The second kappa shape index (κ2) is 4.22. The maximum Gasteiger partial charge on any atom is 0.112 e. The molecular formula is C14H24N2O. The third-order valence-electron chi connectivity index (χ3n) is 5.50. The summed E-state index contributed by atoms with van der Waals surface area (Å²) in [5.41, 5.74) is 0. The smallest absolute Gasteiger partial charge is 0.112 e. The van der Waals surface area contributed by atoms with Crippen LogP contribution in [0.4, 0.5) is 0 Å². The van der Waals surface area contributed by atoms with Crippen LogP contribution in [-0.2, 0) is 4.74 Å². The Bertz CT molecular complexity index is 252. The Morgan fingerprint density at radius 1 is 0.647 bits per heavy atom. The van der Waals surface area contributed by atoms with Gasteiger partial charge in [-0.2, -0.15) is 0 Å². The van der Waals surface area contributed by atoms with Crippen LogP contribution in [0.1, 0.15) is 38.5 Å². The second-order valence-electron chi connectivity index (χ2n) is 6.48. The van der Waals surface area contributed by atoms with Crippen LogP contribution in [0.2, 0.25) is 0 Å². The lowest BCUT2D eigenvalue weighted by molar-refractivity contribution is -0.211. The van der Waals surface area contributed by atoms with Crippen molar-refractivity contribution in [3.8, 4) is 0 Å². The minimum Gasteiger partial charge on any atom is -0.345 e. The Morgan fingerprint density at radius 3 is 1.35 bits per heavy atom. The molecule has 0 radical (unpaired) electrons. The van der Waals surface area contributed by atoms with E-state index in [1.54, 1.807) is 0 Å². The molecule has 0 spiro atoms. The summed E-state index contributed by atoms with van der Waals surface area (Å²) in [6.45, 7) is 5.13. The lowest BCUT2D eigenvalue weighted by Gasteiger charge is -2.50. The first-order valence-corrected chi connectivity index (χ1v) is 7.52. The molecule has 3 nitrogen and oxygen atoms in total. The summed E-state index contributed by atoms with van der Waals surface area (Å²) in [4.78, 5) is 5.17. The van der Waals surface area contributed by atoms with Gasteiger partial charge in [0.25, 0.3) is 0 Å². The van der Waals surface area contributed by atoms with Crippen molar-refractivity contribution in [2.75, 3.05) is 26.2 Å². The van der Waals surface area contributed by atoms with Crippen LogP contribution in [0.15, 0.2) is 0 Å². The molecule has 96 valence electrons. The fraction of sp³-hybridized carbons (Fsp3) is 1.00. The third kappa shape index (κ3) is 1.92. The Hall–Kier alpha value is -0.120. The maximum atomic E-state index is 6.45. The van der Waals surface area contributed by atoms with Gasteiger partial charge < -0.3 is 4.74 Å². The fourth-order valence-corrected chi connectivity index (χ4v) is 4.29. The Morgan fingerprint density at radius 2 is 1.06 bits per heavy atom. The van der Waals surface area contributed by atoms with Gasteiger partial charge in [-0.25, -0.2) is 0 Å². The quantitative estimate of drug-likeness (QED) is 0.728. The lowest BCUT2D eigenvalue weighted by Crippen LogP contribution is -2.56. The van der Waals surface area contributed by atoms with Gasteiger partial charge >= 0.3 is 0 Å². The summed E-state index contributed by atoms with van der Waals surface area (Å²) < 4.78 is 6.45. The molecule has 0 amide bonds. The predicted molar refractivity (Wildman–Crippen MR) is 66.5 cm³/mol. The van der Waals surface area contributed by atoms with E-state index in [0.717, 1.165) is 11.8 Å². The van der Waals surface area contributed by atoms with E-state index in [1.807, 2.05) is 0 Å². The van der Waals surface area contributed by atoms with Gasteiger partial charge in [-0.05, 0) is 50.4 Å². The van der Waals surface area contributed by atoms with Crippen molar-refractivity contribution in [1.82, 2.24) is 9.80 Å². The van der Waals surface area contributed by atoms with Crippen LogP contribution in [0.3, 0.4) is 0 Å². The lowest BCUT2D eigenvalue weighted by atomic mass is 9.86. The van der Waals surface area contributed by atoms with Crippen molar-refractivity contribution in [2.24, 2.45) is 11.8 Å². The molecule has 3 heteroatoms. The number of nitrogens with zero attached hydrogens (tertiary/aromatic N) is 2. The van der Waals surface area contributed by atoms with Crippen LogP contribution in [0.25, 0.3) is 0 Å². The van der Waals surface area contributed by atoms with Gasteiger partial charge in [0.15, 0.2) is 0 Å². The molecule has 6 aliphatic heterocycles. The number of hydrogen-bond acceptors (Lipinski definition) is 3. The fourth-order valence-electron chi connectivity index (χ4n) is 4.29. The van der Waals surface area contributed by atoms with Gasteiger partial charge in [0.05, 0.1) is 0 Å². The summed E-state index contributed by atoms with van der Waals surface area (Å²) in [7, 11) is 0. The van der Waals surface area contributed by atoms with Gasteiger partial charge in [-0.15, -0.1) is 0 Å². The highest BCUT2D eigenvalue weighted by Gasteiger charge is 2.39. The number of piperidine rings is 6. The van der Waals surface area contributed by atoms with Crippen LogP contribution in [0.5, 0.6) is 0 Å². The van der Waals surface area contributed by atoms with Gasteiger partial charge in [-0.1, -0.05) is 0 Å². The molecule has 6 rings (SSSR count). The summed E-state index contributed by atoms with van der Waals surface area (Å²) >= 11 is 0. The maximum absolute atomic E-state index is 6.45. The minimum absolute atomic E-state index is 0.451. The van der Waals surface area contributed by atoms with Crippen molar-refractivity contribution in [3.05, 3.63) is 0 Å². The largest absolute Gasteiger partial charge is 0.345 e. The zero-order chi connectivity index (χ0) is 11.2. The standard InChI is InChI=1S/C14H24N2O/c1-5-15-6-2-11(1)9-13(15)17-14-10-12-3-7-16(14)8-4-12/h11-14H,1-10H2. The van der Waals surface area contributed by atoms with E-state index in [9.17, 15) is 0 Å². The summed E-state index contributed by atoms with van der Waals surface area (Å²) in [6, 6.07) is 0. The van der Waals surface area contributed by atoms with Crippen LogP contribution >= 0.6 is 0 Å². The molecule has 4 bridgehead atoms. The second-order valence-corrected chi connectivity index (χ2v) is 6.48. The van der Waals surface area contributed by atoms with E-state index >= 15 is 0 Å². The third-order valence-corrected chi connectivity index (χ3v) is 5.50. The topological polar surface area (TPSA) is 15.7 Å². The van der Waals surface area contributed by atoms with Crippen molar-refractivity contribution in [2.45, 2.75) is 51.0 Å². The van der Waals surface area contributed by atoms with Crippen molar-refractivity contribution >= 4 is 0 Å². The average molecular weight is 236 g/mol. The van der Waals surface area contributed by atoms with Crippen LogP contribution in [-0.4, -0.2) is 48.4 Å². The zero-order valence-corrected chi connectivity index (χ0v) is 10.7. The monoisotopic (exact) mass is 236 g/mol. The van der Waals surface area contributed by atoms with E-state index in [2.05, 4.69) is 9.80 Å². The molecule has 0 aromatic heterocycles. The van der Waals surface area contributed by atoms with E-state index in [4.69, 9.17) is 4.74 Å². The zero-order valence-electron chi connectivity index (χ0n) is 10.7. The van der Waals surface area contributed by atoms with Crippen LogP contribution < -0.4 is 0 Å². The Labute approximate surface area is 104 Å². The first kappa shape index (κ1) is 10.8. The van der Waals surface area contributed by atoms with E-state index in [0.29, 0.717) is 12.5 Å². The SMILES string of the molecule is C1CN2CCC1CC2OC1CC2CCN1CC2. The summed E-state index contributed by atoms with van der Waals surface area (Å²) in [6.07, 6.45) is 9.16. The average Bonchev–Trinajstić information content (AvgIpc) is 2.41. The highest BCUT2D eigenvalue weighted by Crippen LogP contribution is 2.37. The van der Waals surface area contributed by atoms with E-state index in [1.165, 1.54) is 64.7 Å². The Balaban J connectivity index is 1.41. The molecule has 2 atom stereocenters. The molecular weight excluding hydrogens is 212 g/mol. The molecule has 0 N–H and O–H groups in total. The van der Waals surface area contributed by atoms with Crippen molar-refractivity contribution in [3.63, 3.8) is 0 Å². The number of ether oxygens (including phenoxy) is 1. The van der Waals surface area contributed by atoms with Gasteiger partial charge in [0, 0.05) is 26.2 Å². The highest BCUT2D eigenvalue weighted by molar-refractivity contribution is 4.87. The van der Waals surface area contributed by atoms with E-state index in [-0.39, 0.29) is 0 Å². The van der Waals surface area contributed by atoms with Gasteiger partial charge in [-0.3, -0.25) is 9.80 Å². The molecule has 6 fully saturated rings. The van der Waals surface area contributed by atoms with E-state index < -0.39 is 0 Å². The number of fused-ring (bicyclic) bond motifs is 6. The molecule has 0 aliphatic carbocycles. The summed E-state index contributed by atoms with van der Waals surface area (Å²) in [5.74, 6) is 1.92. The molecule has 17 heavy (non-hydrogen) atoms. The molecule has 0 aromatic rings. The number of hydrogen-bond donors (Lipinski definition) is 0.